The van der Waals surface area contributed by atoms with E-state index < -0.39 is 0 Å². The zero-order chi connectivity index (χ0) is 10.8. The van der Waals surface area contributed by atoms with E-state index in [0.717, 1.165) is 5.75 Å². The molecule has 0 spiro atoms. The number of methoxy groups -OCH3 is 1. The molecule has 1 rings (SSSR count). The first-order valence-electron chi connectivity index (χ1n) is 4.56. The molecule has 14 heavy (non-hydrogen) atoms. The standard InChI is InChI=1S/C8H10O2S2.C2H6/c1-10-7(9)4-6-12-8-3-2-5-11-8;1-2/h2-3,5H,4,6H2,1H3;1-2H3. The van der Waals surface area contributed by atoms with E-state index in [-0.39, 0.29) is 5.97 Å². The van der Waals surface area contributed by atoms with Crippen molar-refractivity contribution in [2.75, 3.05) is 12.9 Å². The fraction of sp³-hybridized carbons (Fsp3) is 0.500. The summed E-state index contributed by atoms with van der Waals surface area (Å²) in [5, 5.41) is 2.03. The second kappa shape index (κ2) is 9.09. The number of thiophene rings is 1. The molecule has 0 aliphatic rings. The van der Waals surface area contributed by atoms with Crippen molar-refractivity contribution in [3.63, 3.8) is 0 Å². The van der Waals surface area contributed by atoms with Crippen LogP contribution in [0.5, 0.6) is 0 Å². The van der Waals surface area contributed by atoms with Gasteiger partial charge in [0.15, 0.2) is 0 Å². The molecule has 0 fully saturated rings. The number of hydrogen-bond acceptors (Lipinski definition) is 4. The Balaban J connectivity index is 0.000000791. The van der Waals surface area contributed by atoms with Crippen LogP contribution in [0.1, 0.15) is 20.3 Å². The Kier molecular flexibility index (Phi) is 8.78. The van der Waals surface area contributed by atoms with Gasteiger partial charge in [0.25, 0.3) is 0 Å². The van der Waals surface area contributed by atoms with E-state index in [0.29, 0.717) is 6.42 Å². The lowest BCUT2D eigenvalue weighted by Gasteiger charge is -1.96. The van der Waals surface area contributed by atoms with Crippen molar-refractivity contribution in [3.05, 3.63) is 17.5 Å². The quantitative estimate of drug-likeness (QED) is 0.587. The van der Waals surface area contributed by atoms with Gasteiger partial charge in [0.1, 0.15) is 0 Å². The molecule has 0 aliphatic carbocycles. The monoisotopic (exact) mass is 232 g/mol. The van der Waals surface area contributed by atoms with Crippen LogP contribution >= 0.6 is 23.1 Å². The molecule has 0 saturated carbocycles. The van der Waals surface area contributed by atoms with Crippen molar-refractivity contribution in [3.8, 4) is 0 Å². The molecular weight excluding hydrogens is 216 g/mol. The van der Waals surface area contributed by atoms with Crippen molar-refractivity contribution < 1.29 is 9.53 Å². The summed E-state index contributed by atoms with van der Waals surface area (Å²) >= 11 is 3.38. The average Bonchev–Trinajstić information content (AvgIpc) is 2.73. The minimum absolute atomic E-state index is 0.140. The van der Waals surface area contributed by atoms with Crippen LogP contribution in [-0.2, 0) is 9.53 Å². The summed E-state index contributed by atoms with van der Waals surface area (Å²) in [5.74, 6) is 0.659. The molecular formula is C10H16O2S2. The van der Waals surface area contributed by atoms with Gasteiger partial charge in [0.2, 0.25) is 0 Å². The van der Waals surface area contributed by atoms with Crippen molar-refractivity contribution in [1.29, 1.82) is 0 Å². The third-order valence-electron chi connectivity index (χ3n) is 1.27. The minimum Gasteiger partial charge on any atom is -0.469 e. The van der Waals surface area contributed by atoms with Crippen LogP contribution in [0.4, 0.5) is 0 Å². The Hall–Kier alpha value is -0.480. The second-order valence-corrected chi connectivity index (χ2v) is 4.45. The van der Waals surface area contributed by atoms with Gasteiger partial charge in [0, 0.05) is 5.75 Å². The first-order valence-corrected chi connectivity index (χ1v) is 6.42. The van der Waals surface area contributed by atoms with Crippen LogP contribution in [0.15, 0.2) is 21.7 Å². The molecule has 0 aliphatic heterocycles. The van der Waals surface area contributed by atoms with E-state index in [1.807, 2.05) is 31.4 Å². The Labute approximate surface area is 93.7 Å². The number of thioether (sulfide) groups is 1. The lowest BCUT2D eigenvalue weighted by molar-refractivity contribution is -0.140. The maximum atomic E-state index is 10.7. The fourth-order valence-electron chi connectivity index (χ4n) is 0.683. The van der Waals surface area contributed by atoms with Crippen LogP contribution in [0.25, 0.3) is 0 Å². The van der Waals surface area contributed by atoms with E-state index in [1.54, 1.807) is 23.1 Å². The Morgan fingerprint density at radius 1 is 1.57 bits per heavy atom. The predicted molar refractivity (Wildman–Crippen MR) is 63.0 cm³/mol. The molecule has 0 unspecified atom stereocenters. The molecule has 0 saturated heterocycles. The molecule has 0 N–H and O–H groups in total. The van der Waals surface area contributed by atoms with E-state index in [1.165, 1.54) is 11.3 Å². The van der Waals surface area contributed by atoms with Crippen molar-refractivity contribution >= 4 is 29.1 Å². The van der Waals surface area contributed by atoms with Crippen molar-refractivity contribution in [2.45, 2.75) is 24.5 Å². The maximum absolute atomic E-state index is 10.7. The van der Waals surface area contributed by atoms with Crippen LogP contribution < -0.4 is 0 Å². The topological polar surface area (TPSA) is 26.3 Å². The van der Waals surface area contributed by atoms with Crippen LogP contribution in [0, 0.1) is 0 Å². The summed E-state index contributed by atoms with van der Waals surface area (Å²) in [6.45, 7) is 4.00. The highest BCUT2D eigenvalue weighted by molar-refractivity contribution is 8.01. The first kappa shape index (κ1) is 13.5. The number of hydrogen-bond donors (Lipinski definition) is 0. The summed E-state index contributed by atoms with van der Waals surface area (Å²) in [5.41, 5.74) is 0. The van der Waals surface area contributed by atoms with Crippen molar-refractivity contribution in [2.24, 2.45) is 0 Å². The SMILES string of the molecule is CC.COC(=O)CCSc1cccs1. The number of ether oxygens (including phenoxy) is 1. The Bertz CT molecular complexity index is 232. The van der Waals surface area contributed by atoms with Gasteiger partial charge >= 0.3 is 5.97 Å². The zero-order valence-electron chi connectivity index (χ0n) is 8.78. The molecule has 2 nitrogen and oxygen atoms in total. The number of rotatable bonds is 4. The lowest BCUT2D eigenvalue weighted by atomic mass is 10.5. The summed E-state index contributed by atoms with van der Waals surface area (Å²) in [6.07, 6.45) is 0.485. The van der Waals surface area contributed by atoms with Crippen LogP contribution in [-0.4, -0.2) is 18.8 Å². The highest BCUT2D eigenvalue weighted by atomic mass is 32.2. The largest absolute Gasteiger partial charge is 0.469 e. The number of carbonyl (C=O) groups is 1. The van der Waals surface area contributed by atoms with Gasteiger partial charge < -0.3 is 4.74 Å². The first-order chi connectivity index (χ1) is 6.83. The van der Waals surface area contributed by atoms with Crippen LogP contribution in [0.2, 0.25) is 0 Å². The van der Waals surface area contributed by atoms with Crippen molar-refractivity contribution in [1.82, 2.24) is 0 Å². The molecule has 0 aromatic carbocycles. The summed E-state index contributed by atoms with van der Waals surface area (Å²) in [4.78, 5) is 10.7. The molecule has 1 heterocycles. The zero-order valence-corrected chi connectivity index (χ0v) is 10.4. The van der Waals surface area contributed by atoms with Crippen LogP contribution in [0.3, 0.4) is 0 Å². The normalized spacial score (nSPS) is 8.79. The molecule has 0 bridgehead atoms. The summed E-state index contributed by atoms with van der Waals surface area (Å²) < 4.78 is 5.77. The molecule has 0 radical (unpaired) electrons. The Morgan fingerprint density at radius 3 is 2.79 bits per heavy atom. The second-order valence-electron chi connectivity index (χ2n) is 2.11. The third kappa shape index (κ3) is 6.05. The van der Waals surface area contributed by atoms with E-state index in [4.69, 9.17) is 0 Å². The van der Waals surface area contributed by atoms with Gasteiger partial charge in [-0.15, -0.1) is 23.1 Å². The van der Waals surface area contributed by atoms with Gasteiger partial charge in [-0.2, -0.15) is 0 Å². The van der Waals surface area contributed by atoms with Gasteiger partial charge in [-0.3, -0.25) is 4.79 Å². The van der Waals surface area contributed by atoms with Gasteiger partial charge in [-0.25, -0.2) is 0 Å². The average molecular weight is 232 g/mol. The van der Waals surface area contributed by atoms with Gasteiger partial charge in [-0.05, 0) is 11.4 Å². The van der Waals surface area contributed by atoms with Gasteiger partial charge in [0.05, 0.1) is 17.7 Å². The van der Waals surface area contributed by atoms with E-state index in [9.17, 15) is 4.79 Å². The molecule has 1 aromatic heterocycles. The third-order valence-corrected chi connectivity index (χ3v) is 3.41. The maximum Gasteiger partial charge on any atom is 0.306 e. The molecule has 4 heteroatoms. The Morgan fingerprint density at radius 2 is 2.29 bits per heavy atom. The predicted octanol–water partition coefficient (Wildman–Crippen LogP) is 3.43. The molecule has 0 atom stereocenters. The minimum atomic E-state index is -0.140. The highest BCUT2D eigenvalue weighted by Gasteiger charge is 2.00. The van der Waals surface area contributed by atoms with Gasteiger partial charge in [-0.1, -0.05) is 19.9 Å². The number of esters is 1. The lowest BCUT2D eigenvalue weighted by Crippen LogP contribution is -2.00. The van der Waals surface area contributed by atoms with E-state index in [2.05, 4.69) is 4.74 Å². The smallest absolute Gasteiger partial charge is 0.306 e. The summed E-state index contributed by atoms with van der Waals surface area (Å²) in [6, 6.07) is 4.05. The molecule has 0 amide bonds. The van der Waals surface area contributed by atoms with E-state index >= 15 is 0 Å². The fourth-order valence-corrected chi connectivity index (χ4v) is 2.46. The molecule has 1 aromatic rings. The highest BCUT2D eigenvalue weighted by Crippen LogP contribution is 2.23. The molecule has 80 valence electrons. The summed E-state index contributed by atoms with van der Waals surface area (Å²) in [7, 11) is 1.41. The number of carbonyl (C=O) groups excluding carboxylic acids is 1.